The van der Waals surface area contributed by atoms with E-state index in [0.29, 0.717) is 30.5 Å². The van der Waals surface area contributed by atoms with Gasteiger partial charge in [-0.3, -0.25) is 14.2 Å². The molecular weight excluding hydrogens is 336 g/mol. The molecule has 1 aromatic carbocycles. The first-order chi connectivity index (χ1) is 10.1. The molecule has 0 atom stereocenters. The second-order valence-electron chi connectivity index (χ2n) is 4.65. The zero-order valence-corrected chi connectivity index (χ0v) is 13.1. The second-order valence-corrected chi connectivity index (χ2v) is 5.56. The quantitative estimate of drug-likeness (QED) is 0.759. The van der Waals surface area contributed by atoms with E-state index in [4.69, 9.17) is 5.73 Å². The zero-order valence-electron chi connectivity index (χ0n) is 11.5. The van der Waals surface area contributed by atoms with Crippen LogP contribution in [-0.4, -0.2) is 28.5 Å². The van der Waals surface area contributed by atoms with Crippen LogP contribution in [0.25, 0.3) is 10.9 Å². The fourth-order valence-corrected chi connectivity index (χ4v) is 2.29. The highest BCUT2D eigenvalue weighted by atomic mass is 79.9. The molecule has 1 heterocycles. The minimum Gasteiger partial charge on any atom is -0.356 e. The van der Waals surface area contributed by atoms with Crippen LogP contribution in [0.5, 0.6) is 0 Å². The highest BCUT2D eigenvalue weighted by molar-refractivity contribution is 9.10. The molecule has 2 aromatic rings. The molecule has 0 bridgehead atoms. The van der Waals surface area contributed by atoms with Gasteiger partial charge < -0.3 is 11.1 Å². The monoisotopic (exact) mass is 352 g/mol. The number of carbonyl (C=O) groups excluding carboxylic acids is 1. The summed E-state index contributed by atoms with van der Waals surface area (Å²) >= 11 is 3.34. The van der Waals surface area contributed by atoms with Gasteiger partial charge in [0.05, 0.1) is 17.2 Å². The SMILES string of the molecule is NCCCNC(=O)CCn1cnc2ccc(Br)cc2c1=O. The van der Waals surface area contributed by atoms with Crippen molar-refractivity contribution in [1.82, 2.24) is 14.9 Å². The minimum atomic E-state index is -0.143. The first-order valence-electron chi connectivity index (χ1n) is 6.73. The maximum Gasteiger partial charge on any atom is 0.261 e. The molecule has 6 nitrogen and oxygen atoms in total. The van der Waals surface area contributed by atoms with Crippen LogP contribution in [0.3, 0.4) is 0 Å². The molecule has 2 rings (SSSR count). The van der Waals surface area contributed by atoms with E-state index in [-0.39, 0.29) is 17.9 Å². The molecule has 0 aliphatic carbocycles. The van der Waals surface area contributed by atoms with Crippen molar-refractivity contribution in [2.45, 2.75) is 19.4 Å². The van der Waals surface area contributed by atoms with Crippen molar-refractivity contribution in [1.29, 1.82) is 0 Å². The van der Waals surface area contributed by atoms with Crippen LogP contribution in [0.15, 0.2) is 33.8 Å². The predicted octanol–water partition coefficient (Wildman–Crippen LogP) is 1.01. The number of benzene rings is 1. The number of hydrogen-bond donors (Lipinski definition) is 2. The highest BCUT2D eigenvalue weighted by Gasteiger charge is 2.06. The maximum atomic E-state index is 12.3. The van der Waals surface area contributed by atoms with Crippen molar-refractivity contribution in [2.24, 2.45) is 5.73 Å². The van der Waals surface area contributed by atoms with Gasteiger partial charge in [-0.15, -0.1) is 0 Å². The molecule has 7 heteroatoms. The molecule has 1 aromatic heterocycles. The Bertz CT molecular complexity index is 699. The van der Waals surface area contributed by atoms with Gasteiger partial charge in [0.25, 0.3) is 5.56 Å². The van der Waals surface area contributed by atoms with Crippen molar-refractivity contribution >= 4 is 32.7 Å². The predicted molar refractivity (Wildman–Crippen MR) is 85.0 cm³/mol. The van der Waals surface area contributed by atoms with E-state index in [2.05, 4.69) is 26.2 Å². The Balaban J connectivity index is 2.07. The number of rotatable bonds is 6. The van der Waals surface area contributed by atoms with Gasteiger partial charge in [0.15, 0.2) is 0 Å². The summed E-state index contributed by atoms with van der Waals surface area (Å²) in [5.74, 6) is -0.0929. The third-order valence-electron chi connectivity index (χ3n) is 3.07. The average molecular weight is 353 g/mol. The van der Waals surface area contributed by atoms with E-state index in [1.165, 1.54) is 10.9 Å². The van der Waals surface area contributed by atoms with Crippen LogP contribution < -0.4 is 16.6 Å². The van der Waals surface area contributed by atoms with Crippen LogP contribution >= 0.6 is 15.9 Å². The Hall–Kier alpha value is -1.73. The third-order valence-corrected chi connectivity index (χ3v) is 3.56. The number of fused-ring (bicyclic) bond motifs is 1. The number of nitrogens with one attached hydrogen (secondary N) is 1. The normalized spacial score (nSPS) is 10.8. The van der Waals surface area contributed by atoms with Gasteiger partial charge in [0.1, 0.15) is 0 Å². The van der Waals surface area contributed by atoms with Gasteiger partial charge in [-0.05, 0) is 31.2 Å². The molecule has 0 saturated heterocycles. The van der Waals surface area contributed by atoms with Gasteiger partial charge >= 0.3 is 0 Å². The lowest BCUT2D eigenvalue weighted by Gasteiger charge is -2.07. The number of carbonyl (C=O) groups is 1. The summed E-state index contributed by atoms with van der Waals surface area (Å²) in [5.41, 5.74) is 5.86. The molecule has 0 fully saturated rings. The van der Waals surface area contributed by atoms with Crippen molar-refractivity contribution in [2.75, 3.05) is 13.1 Å². The van der Waals surface area contributed by atoms with Crippen LogP contribution in [0.2, 0.25) is 0 Å². The van der Waals surface area contributed by atoms with Crippen molar-refractivity contribution in [3.05, 3.63) is 39.4 Å². The van der Waals surface area contributed by atoms with E-state index in [1.807, 2.05) is 6.07 Å². The van der Waals surface area contributed by atoms with E-state index in [9.17, 15) is 9.59 Å². The minimum absolute atomic E-state index is 0.0929. The Labute approximate surface area is 130 Å². The maximum absolute atomic E-state index is 12.3. The van der Waals surface area contributed by atoms with Gasteiger partial charge in [0.2, 0.25) is 5.91 Å². The second kappa shape index (κ2) is 7.33. The van der Waals surface area contributed by atoms with Gasteiger partial charge in [-0.1, -0.05) is 15.9 Å². The standard InChI is InChI=1S/C14H17BrN4O2/c15-10-2-3-12-11(8-10)14(21)19(9-18-12)7-4-13(20)17-6-1-5-16/h2-3,8-9H,1,4-7,16H2,(H,17,20). The zero-order chi connectivity index (χ0) is 15.2. The lowest BCUT2D eigenvalue weighted by molar-refractivity contribution is -0.121. The van der Waals surface area contributed by atoms with E-state index >= 15 is 0 Å². The lowest BCUT2D eigenvalue weighted by Crippen LogP contribution is -2.29. The molecule has 0 aliphatic rings. The van der Waals surface area contributed by atoms with Gasteiger partial charge in [-0.2, -0.15) is 0 Å². The summed E-state index contributed by atoms with van der Waals surface area (Å²) in [6.07, 6.45) is 2.47. The molecule has 3 N–H and O–H groups in total. The molecular formula is C14H17BrN4O2. The summed E-state index contributed by atoms with van der Waals surface area (Å²) in [7, 11) is 0. The Morgan fingerprint density at radius 1 is 1.43 bits per heavy atom. The Kier molecular flexibility index (Phi) is 5.46. The molecule has 0 spiro atoms. The summed E-state index contributed by atoms with van der Waals surface area (Å²) in [5, 5.41) is 3.29. The summed E-state index contributed by atoms with van der Waals surface area (Å²) in [4.78, 5) is 28.2. The Morgan fingerprint density at radius 2 is 2.24 bits per heavy atom. The van der Waals surface area contributed by atoms with Gasteiger partial charge in [0, 0.05) is 24.0 Å². The number of amides is 1. The van der Waals surface area contributed by atoms with E-state index < -0.39 is 0 Å². The van der Waals surface area contributed by atoms with Crippen LogP contribution in [0, 0.1) is 0 Å². The molecule has 0 saturated carbocycles. The molecule has 1 amide bonds. The fraction of sp³-hybridized carbons (Fsp3) is 0.357. The van der Waals surface area contributed by atoms with Crippen molar-refractivity contribution < 1.29 is 4.79 Å². The number of nitrogens with zero attached hydrogens (tertiary/aromatic N) is 2. The van der Waals surface area contributed by atoms with Crippen LogP contribution in [0.4, 0.5) is 0 Å². The van der Waals surface area contributed by atoms with Crippen LogP contribution in [0.1, 0.15) is 12.8 Å². The van der Waals surface area contributed by atoms with E-state index in [1.54, 1.807) is 12.1 Å². The summed E-state index contributed by atoms with van der Waals surface area (Å²) in [6, 6.07) is 5.36. The number of hydrogen-bond acceptors (Lipinski definition) is 4. The first kappa shape index (κ1) is 15.7. The number of nitrogens with two attached hydrogens (primary N) is 1. The molecule has 0 radical (unpaired) electrons. The lowest BCUT2D eigenvalue weighted by atomic mass is 10.2. The van der Waals surface area contributed by atoms with Crippen LogP contribution in [-0.2, 0) is 11.3 Å². The summed E-state index contributed by atoms with van der Waals surface area (Å²) < 4.78 is 2.28. The highest BCUT2D eigenvalue weighted by Crippen LogP contribution is 2.14. The number of aromatic nitrogens is 2. The first-order valence-corrected chi connectivity index (χ1v) is 7.52. The third kappa shape index (κ3) is 4.12. The number of halogens is 1. The molecule has 0 aliphatic heterocycles. The molecule has 21 heavy (non-hydrogen) atoms. The van der Waals surface area contributed by atoms with Crippen molar-refractivity contribution in [3.8, 4) is 0 Å². The number of aryl methyl sites for hydroxylation is 1. The Morgan fingerprint density at radius 3 is 3.00 bits per heavy atom. The van der Waals surface area contributed by atoms with E-state index in [0.717, 1.165) is 10.9 Å². The average Bonchev–Trinajstić information content (AvgIpc) is 2.47. The smallest absolute Gasteiger partial charge is 0.261 e. The molecule has 112 valence electrons. The van der Waals surface area contributed by atoms with Gasteiger partial charge in [-0.25, -0.2) is 4.98 Å². The van der Waals surface area contributed by atoms with Crippen molar-refractivity contribution in [3.63, 3.8) is 0 Å². The largest absolute Gasteiger partial charge is 0.356 e. The summed E-state index contributed by atoms with van der Waals surface area (Å²) in [6.45, 7) is 1.42. The fourth-order valence-electron chi connectivity index (χ4n) is 1.93. The molecule has 0 unspecified atom stereocenters. The topological polar surface area (TPSA) is 90.0 Å².